The van der Waals surface area contributed by atoms with E-state index in [9.17, 15) is 0 Å². The molecule has 0 saturated heterocycles. The molecule has 0 bridgehead atoms. The number of nitrogens with one attached hydrogen (secondary N) is 1. The summed E-state index contributed by atoms with van der Waals surface area (Å²) in [5.74, 6) is 2.00. The van der Waals surface area contributed by atoms with Crippen LogP contribution in [0.4, 0.5) is 0 Å². The van der Waals surface area contributed by atoms with Crippen molar-refractivity contribution >= 4 is 9.24 Å². The molecule has 1 unspecified atom stereocenters. The minimum Gasteiger partial charge on any atom is -0.391 e. The standard InChI is InChI=1S/C5H12NP/c1-3-5(4-7)6-2/h4,6H,3,7H2,1-2H3/b5-4-. The van der Waals surface area contributed by atoms with E-state index in [-0.39, 0.29) is 0 Å². The van der Waals surface area contributed by atoms with Gasteiger partial charge in [-0.3, -0.25) is 0 Å². The molecular formula is C5H12NP. The van der Waals surface area contributed by atoms with Crippen LogP contribution in [0, 0.1) is 0 Å². The molecule has 0 radical (unpaired) electrons. The molecule has 0 aromatic heterocycles. The van der Waals surface area contributed by atoms with E-state index >= 15 is 0 Å². The third kappa shape index (κ3) is 2.64. The maximum Gasteiger partial charge on any atom is 0.0101 e. The highest BCUT2D eigenvalue weighted by atomic mass is 31.0. The fraction of sp³-hybridized carbons (Fsp3) is 0.600. The Kier molecular flexibility index (Phi) is 4.12. The summed E-state index contributed by atoms with van der Waals surface area (Å²) in [6.45, 7) is 2.12. The molecule has 0 aliphatic heterocycles. The maximum absolute atomic E-state index is 3.04. The summed E-state index contributed by atoms with van der Waals surface area (Å²) < 4.78 is 0. The Morgan fingerprint density at radius 3 is 2.43 bits per heavy atom. The smallest absolute Gasteiger partial charge is 0.0101 e. The highest BCUT2D eigenvalue weighted by Crippen LogP contribution is 1.96. The average Bonchev–Trinajstić information content (AvgIpc) is 1.72. The van der Waals surface area contributed by atoms with Gasteiger partial charge in [-0.15, -0.1) is 9.24 Å². The minimum atomic E-state index is 1.08. The van der Waals surface area contributed by atoms with E-state index in [4.69, 9.17) is 0 Å². The van der Waals surface area contributed by atoms with Crippen LogP contribution in [0.25, 0.3) is 0 Å². The van der Waals surface area contributed by atoms with Gasteiger partial charge in [-0.2, -0.15) is 0 Å². The zero-order chi connectivity index (χ0) is 5.70. The molecule has 1 atom stereocenters. The van der Waals surface area contributed by atoms with Gasteiger partial charge in [0.05, 0.1) is 0 Å². The normalized spacial score (nSPS) is 11.6. The Balaban J connectivity index is 3.38. The van der Waals surface area contributed by atoms with Gasteiger partial charge in [-0.25, -0.2) is 0 Å². The first kappa shape index (κ1) is 6.97. The molecule has 1 nitrogen and oxygen atoms in total. The zero-order valence-electron chi connectivity index (χ0n) is 4.86. The molecule has 2 heteroatoms. The number of hydrogen-bond acceptors (Lipinski definition) is 1. The van der Waals surface area contributed by atoms with Gasteiger partial charge in [-0.05, 0) is 12.2 Å². The van der Waals surface area contributed by atoms with Crippen molar-refractivity contribution in [3.05, 3.63) is 11.5 Å². The number of rotatable bonds is 2. The summed E-state index contributed by atoms with van der Waals surface area (Å²) in [7, 11) is 4.49. The summed E-state index contributed by atoms with van der Waals surface area (Å²) in [6, 6.07) is 0. The van der Waals surface area contributed by atoms with Gasteiger partial charge in [0, 0.05) is 12.7 Å². The Morgan fingerprint density at radius 1 is 1.86 bits per heavy atom. The molecule has 7 heavy (non-hydrogen) atoms. The summed E-state index contributed by atoms with van der Waals surface area (Å²) in [5.41, 5.74) is 1.27. The van der Waals surface area contributed by atoms with Crippen LogP contribution in [0.2, 0.25) is 0 Å². The average molecular weight is 117 g/mol. The van der Waals surface area contributed by atoms with Gasteiger partial charge < -0.3 is 5.32 Å². The quantitative estimate of drug-likeness (QED) is 0.538. The Hall–Kier alpha value is -0.0300. The van der Waals surface area contributed by atoms with Gasteiger partial charge in [0.25, 0.3) is 0 Å². The van der Waals surface area contributed by atoms with Crippen LogP contribution in [0.1, 0.15) is 13.3 Å². The lowest BCUT2D eigenvalue weighted by molar-refractivity contribution is 0.906. The SMILES string of the molecule is CC/C(=C/P)NC. The van der Waals surface area contributed by atoms with E-state index in [2.05, 4.69) is 21.5 Å². The summed E-state index contributed by atoms with van der Waals surface area (Å²) in [6.07, 6.45) is 1.08. The fourth-order valence-electron chi connectivity index (χ4n) is 0.378. The van der Waals surface area contributed by atoms with Crippen LogP contribution in [0.5, 0.6) is 0 Å². The molecule has 0 aliphatic rings. The molecule has 42 valence electrons. The van der Waals surface area contributed by atoms with E-state index in [0.29, 0.717) is 0 Å². The van der Waals surface area contributed by atoms with Crippen LogP contribution < -0.4 is 5.32 Å². The summed E-state index contributed by atoms with van der Waals surface area (Å²) >= 11 is 0. The minimum absolute atomic E-state index is 1.08. The molecule has 0 aromatic rings. The highest BCUT2D eigenvalue weighted by Gasteiger charge is 1.80. The Morgan fingerprint density at radius 2 is 2.43 bits per heavy atom. The molecule has 0 spiro atoms. The first-order valence-electron chi connectivity index (χ1n) is 2.43. The van der Waals surface area contributed by atoms with Gasteiger partial charge >= 0.3 is 0 Å². The third-order valence-corrected chi connectivity index (χ3v) is 1.31. The molecule has 0 rings (SSSR count). The second-order valence-electron chi connectivity index (χ2n) is 1.30. The van der Waals surface area contributed by atoms with Crippen LogP contribution >= 0.6 is 9.24 Å². The number of allylic oxidation sites excluding steroid dienone is 1. The molecule has 0 heterocycles. The summed E-state index contributed by atoms with van der Waals surface area (Å²) in [5, 5.41) is 3.04. The fourth-order valence-corrected chi connectivity index (χ4v) is 0.780. The molecule has 0 saturated carbocycles. The van der Waals surface area contributed by atoms with E-state index in [1.54, 1.807) is 0 Å². The zero-order valence-corrected chi connectivity index (χ0v) is 6.02. The van der Waals surface area contributed by atoms with Crippen LogP contribution in [-0.2, 0) is 0 Å². The van der Waals surface area contributed by atoms with Crippen molar-refractivity contribution in [3.8, 4) is 0 Å². The predicted molar refractivity (Wildman–Crippen MR) is 37.1 cm³/mol. The predicted octanol–water partition coefficient (Wildman–Crippen LogP) is 1.33. The van der Waals surface area contributed by atoms with Crippen LogP contribution in [0.15, 0.2) is 11.5 Å². The van der Waals surface area contributed by atoms with E-state index < -0.39 is 0 Å². The van der Waals surface area contributed by atoms with Crippen LogP contribution in [0.3, 0.4) is 0 Å². The van der Waals surface area contributed by atoms with Crippen molar-refractivity contribution < 1.29 is 0 Å². The molecular weight excluding hydrogens is 105 g/mol. The van der Waals surface area contributed by atoms with Crippen LogP contribution in [-0.4, -0.2) is 7.05 Å². The lowest BCUT2D eigenvalue weighted by Crippen LogP contribution is -2.02. The Labute approximate surface area is 47.4 Å². The van der Waals surface area contributed by atoms with Crippen molar-refractivity contribution in [2.75, 3.05) is 7.05 Å². The van der Waals surface area contributed by atoms with Crippen molar-refractivity contribution in [2.24, 2.45) is 0 Å². The Bertz CT molecular complexity index is 62.5. The second-order valence-corrected chi connectivity index (χ2v) is 1.63. The van der Waals surface area contributed by atoms with Crippen molar-refractivity contribution in [3.63, 3.8) is 0 Å². The lowest BCUT2D eigenvalue weighted by Gasteiger charge is -1.97. The first-order valence-corrected chi connectivity index (χ1v) is 3.10. The van der Waals surface area contributed by atoms with E-state index in [1.807, 2.05) is 12.9 Å². The van der Waals surface area contributed by atoms with Crippen molar-refractivity contribution in [1.29, 1.82) is 0 Å². The van der Waals surface area contributed by atoms with E-state index in [1.165, 1.54) is 5.70 Å². The highest BCUT2D eigenvalue weighted by molar-refractivity contribution is 7.20. The third-order valence-electron chi connectivity index (χ3n) is 0.903. The van der Waals surface area contributed by atoms with Gasteiger partial charge in [0.2, 0.25) is 0 Å². The monoisotopic (exact) mass is 117 g/mol. The van der Waals surface area contributed by atoms with Crippen molar-refractivity contribution in [2.45, 2.75) is 13.3 Å². The molecule has 0 amide bonds. The lowest BCUT2D eigenvalue weighted by atomic mass is 10.4. The molecule has 0 fully saturated rings. The molecule has 1 N–H and O–H groups in total. The first-order chi connectivity index (χ1) is 3.35. The largest absolute Gasteiger partial charge is 0.391 e. The number of hydrogen-bond donors (Lipinski definition) is 1. The molecule has 0 aliphatic carbocycles. The molecule has 0 aromatic carbocycles. The van der Waals surface area contributed by atoms with Crippen molar-refractivity contribution in [1.82, 2.24) is 5.32 Å². The van der Waals surface area contributed by atoms with Gasteiger partial charge in [0.15, 0.2) is 0 Å². The summed E-state index contributed by atoms with van der Waals surface area (Å²) in [4.78, 5) is 0. The maximum atomic E-state index is 3.04. The topological polar surface area (TPSA) is 12.0 Å². The van der Waals surface area contributed by atoms with E-state index in [0.717, 1.165) is 6.42 Å². The van der Waals surface area contributed by atoms with Gasteiger partial charge in [0.1, 0.15) is 0 Å². The van der Waals surface area contributed by atoms with Gasteiger partial charge in [-0.1, -0.05) is 6.92 Å². The second kappa shape index (κ2) is 4.14.